The van der Waals surface area contributed by atoms with Gasteiger partial charge in [0.15, 0.2) is 5.60 Å². The van der Waals surface area contributed by atoms with Gasteiger partial charge in [-0.15, -0.1) is 0 Å². The van der Waals surface area contributed by atoms with Crippen molar-refractivity contribution in [2.45, 2.75) is 37.9 Å². The van der Waals surface area contributed by atoms with Crippen LogP contribution >= 0.6 is 0 Å². The Kier molecular flexibility index (Phi) is 4.65. The van der Waals surface area contributed by atoms with E-state index in [1.54, 1.807) is 49.4 Å². The van der Waals surface area contributed by atoms with Crippen molar-refractivity contribution in [2.24, 2.45) is 0 Å². The number of carbonyl (C=O) groups excluding carboxylic acids is 1. The lowest BCUT2D eigenvalue weighted by molar-refractivity contribution is -0.161. The highest BCUT2D eigenvalue weighted by molar-refractivity contribution is 6.09. The Bertz CT molecular complexity index is 844. The van der Waals surface area contributed by atoms with Gasteiger partial charge in [-0.05, 0) is 30.0 Å². The average Bonchev–Trinajstić information content (AvgIpc) is 2.80. The molecule has 2 atom stereocenters. The zero-order valence-electron chi connectivity index (χ0n) is 15.2. The molecule has 0 bridgehead atoms. The Hall–Kier alpha value is -2.21. The van der Waals surface area contributed by atoms with E-state index in [0.29, 0.717) is 11.1 Å². The van der Waals surface area contributed by atoms with Crippen molar-refractivity contribution in [1.82, 2.24) is 0 Å². The monoisotopic (exact) mass is 356 g/mol. The number of phenolic OH excluding ortho intramolecular Hbond substituents is 1. The van der Waals surface area contributed by atoms with E-state index in [1.807, 2.05) is 13.8 Å². The number of hydrogen-bond donors (Lipinski definition) is 3. The molecule has 5 nitrogen and oxygen atoms in total. The minimum atomic E-state index is -2.09. The van der Waals surface area contributed by atoms with Crippen molar-refractivity contribution < 1.29 is 24.9 Å². The quantitative estimate of drug-likeness (QED) is 0.767. The van der Waals surface area contributed by atoms with E-state index in [0.717, 1.165) is 5.56 Å². The molecule has 0 heterocycles. The maximum Gasteiger partial charge on any atom is 0.202 e. The molecule has 2 unspecified atom stereocenters. The molecule has 3 rings (SSSR count). The van der Waals surface area contributed by atoms with Gasteiger partial charge in [0.25, 0.3) is 0 Å². The van der Waals surface area contributed by atoms with Gasteiger partial charge in [-0.2, -0.15) is 0 Å². The summed E-state index contributed by atoms with van der Waals surface area (Å²) >= 11 is 0. The lowest BCUT2D eigenvalue weighted by Gasteiger charge is -2.39. The molecular weight excluding hydrogens is 332 g/mol. The van der Waals surface area contributed by atoms with Crippen molar-refractivity contribution in [1.29, 1.82) is 0 Å². The SMILES string of the molecule is CC(C)c1ccc(C2(O)C(=O)c3ccccc3C2(C)OCCO)c(O)c1. The Labute approximate surface area is 152 Å². The average molecular weight is 356 g/mol. The predicted molar refractivity (Wildman–Crippen MR) is 97.3 cm³/mol. The number of carbonyl (C=O) groups is 1. The number of fused-ring (bicyclic) bond motifs is 1. The standard InChI is InChI=1S/C21H24O5/c1-13(2)14-8-9-17(18(23)12-14)21(25)19(24)15-6-4-5-7-16(15)20(21,3)26-11-10-22/h4-9,12-13,22-23,25H,10-11H2,1-3H3. The zero-order chi connectivity index (χ0) is 19.1. The molecule has 138 valence electrons. The van der Waals surface area contributed by atoms with Crippen LogP contribution in [0.4, 0.5) is 0 Å². The molecule has 0 radical (unpaired) electrons. The second kappa shape index (κ2) is 6.50. The van der Waals surface area contributed by atoms with Gasteiger partial charge >= 0.3 is 0 Å². The van der Waals surface area contributed by atoms with Crippen molar-refractivity contribution in [3.63, 3.8) is 0 Å². The molecule has 0 spiro atoms. The van der Waals surface area contributed by atoms with Gasteiger partial charge in [-0.25, -0.2) is 0 Å². The minimum Gasteiger partial charge on any atom is -0.508 e. The van der Waals surface area contributed by atoms with E-state index in [9.17, 15) is 20.1 Å². The molecule has 1 aliphatic carbocycles. The number of hydrogen-bond acceptors (Lipinski definition) is 5. The summed E-state index contributed by atoms with van der Waals surface area (Å²) in [6, 6.07) is 11.8. The van der Waals surface area contributed by atoms with E-state index < -0.39 is 17.0 Å². The van der Waals surface area contributed by atoms with Gasteiger partial charge in [0, 0.05) is 11.1 Å². The second-order valence-corrected chi connectivity index (χ2v) is 7.12. The summed E-state index contributed by atoms with van der Waals surface area (Å²) in [6.07, 6.45) is 0. The second-order valence-electron chi connectivity index (χ2n) is 7.12. The van der Waals surface area contributed by atoms with E-state index in [1.165, 1.54) is 0 Å². The molecule has 2 aromatic carbocycles. The van der Waals surface area contributed by atoms with Crippen LogP contribution in [0.3, 0.4) is 0 Å². The molecule has 26 heavy (non-hydrogen) atoms. The van der Waals surface area contributed by atoms with Gasteiger partial charge in [0.2, 0.25) is 5.78 Å². The first kappa shape index (κ1) is 18.6. The molecule has 5 heteroatoms. The third-order valence-electron chi connectivity index (χ3n) is 5.26. The van der Waals surface area contributed by atoms with E-state index in [2.05, 4.69) is 0 Å². The number of ketones is 1. The number of aliphatic hydroxyl groups is 2. The lowest BCUT2D eigenvalue weighted by atomic mass is 9.77. The largest absolute Gasteiger partial charge is 0.508 e. The first-order valence-electron chi connectivity index (χ1n) is 8.72. The normalized spacial score (nSPS) is 24.9. The summed E-state index contributed by atoms with van der Waals surface area (Å²) in [5.74, 6) is -0.488. The summed E-state index contributed by atoms with van der Waals surface area (Å²) < 4.78 is 5.81. The summed E-state index contributed by atoms with van der Waals surface area (Å²) in [6.45, 7) is 5.30. The molecule has 0 fully saturated rings. The highest BCUT2D eigenvalue weighted by Crippen LogP contribution is 2.54. The van der Waals surface area contributed by atoms with Gasteiger partial charge < -0.3 is 20.1 Å². The third kappa shape index (κ3) is 2.47. The van der Waals surface area contributed by atoms with Crippen LogP contribution in [0, 0.1) is 0 Å². The molecule has 2 aromatic rings. The van der Waals surface area contributed by atoms with Gasteiger partial charge in [-0.1, -0.05) is 50.2 Å². The topological polar surface area (TPSA) is 87.0 Å². The van der Waals surface area contributed by atoms with Crippen LogP contribution in [0.2, 0.25) is 0 Å². The Balaban J connectivity index is 2.22. The zero-order valence-corrected chi connectivity index (χ0v) is 15.2. The first-order valence-corrected chi connectivity index (χ1v) is 8.72. The van der Waals surface area contributed by atoms with Crippen molar-refractivity contribution in [2.75, 3.05) is 13.2 Å². The molecule has 0 aliphatic heterocycles. The Morgan fingerprint density at radius 1 is 1.12 bits per heavy atom. The molecule has 0 aromatic heterocycles. The number of aliphatic hydroxyl groups excluding tert-OH is 1. The van der Waals surface area contributed by atoms with Gasteiger partial charge in [0.1, 0.15) is 11.4 Å². The lowest BCUT2D eigenvalue weighted by Crippen LogP contribution is -2.49. The van der Waals surface area contributed by atoms with E-state index in [-0.39, 0.29) is 30.4 Å². The molecule has 1 aliphatic rings. The Morgan fingerprint density at radius 2 is 1.81 bits per heavy atom. The summed E-state index contributed by atoms with van der Waals surface area (Å²) in [7, 11) is 0. The predicted octanol–water partition coefficient (Wildman–Crippen LogP) is 2.82. The number of ether oxygens (including phenoxy) is 1. The smallest absolute Gasteiger partial charge is 0.202 e. The van der Waals surface area contributed by atoms with Crippen LogP contribution in [0.5, 0.6) is 5.75 Å². The van der Waals surface area contributed by atoms with Crippen LogP contribution in [-0.2, 0) is 15.9 Å². The maximum absolute atomic E-state index is 13.2. The fourth-order valence-electron chi connectivity index (χ4n) is 3.73. The molecule has 0 saturated heterocycles. The van der Waals surface area contributed by atoms with Crippen LogP contribution in [-0.4, -0.2) is 34.3 Å². The summed E-state index contributed by atoms with van der Waals surface area (Å²) in [5.41, 5.74) is -1.64. The fourth-order valence-corrected chi connectivity index (χ4v) is 3.73. The van der Waals surface area contributed by atoms with Crippen molar-refractivity contribution in [3.8, 4) is 5.75 Å². The van der Waals surface area contributed by atoms with Gasteiger partial charge in [-0.3, -0.25) is 4.79 Å². The van der Waals surface area contributed by atoms with E-state index in [4.69, 9.17) is 4.74 Å². The number of phenols is 1. The van der Waals surface area contributed by atoms with Gasteiger partial charge in [0.05, 0.1) is 13.2 Å². The van der Waals surface area contributed by atoms with E-state index >= 15 is 0 Å². The van der Waals surface area contributed by atoms with Crippen LogP contribution < -0.4 is 0 Å². The van der Waals surface area contributed by atoms with Crippen molar-refractivity contribution in [3.05, 3.63) is 64.7 Å². The highest BCUT2D eigenvalue weighted by Gasteiger charge is 2.63. The van der Waals surface area contributed by atoms with Crippen LogP contribution in [0.1, 0.15) is 53.7 Å². The molecule has 0 saturated carbocycles. The molecule has 0 amide bonds. The summed E-state index contributed by atoms with van der Waals surface area (Å²) in [4.78, 5) is 13.2. The first-order chi connectivity index (χ1) is 12.3. The number of Topliss-reactive ketones (excluding diaryl/α,β-unsaturated/α-hetero) is 1. The summed E-state index contributed by atoms with van der Waals surface area (Å²) in [5, 5.41) is 31.4. The van der Waals surface area contributed by atoms with Crippen LogP contribution in [0.25, 0.3) is 0 Å². The molecule has 3 N–H and O–H groups in total. The Morgan fingerprint density at radius 3 is 2.42 bits per heavy atom. The highest BCUT2D eigenvalue weighted by atomic mass is 16.5. The minimum absolute atomic E-state index is 0.0503. The van der Waals surface area contributed by atoms with Crippen molar-refractivity contribution >= 4 is 5.78 Å². The number of aromatic hydroxyl groups is 1. The maximum atomic E-state index is 13.2. The molecular formula is C21H24O5. The number of rotatable bonds is 5. The third-order valence-corrected chi connectivity index (χ3v) is 5.26. The fraction of sp³-hybridized carbons (Fsp3) is 0.381. The number of benzene rings is 2. The van der Waals surface area contributed by atoms with Crippen LogP contribution in [0.15, 0.2) is 42.5 Å².